The Morgan fingerprint density at radius 3 is 2.14 bits per heavy atom. The molecule has 1 amide bonds. The van der Waals surface area contributed by atoms with E-state index in [1.54, 1.807) is 29.2 Å². The van der Waals surface area contributed by atoms with Gasteiger partial charge >= 0.3 is 6.18 Å². The topological polar surface area (TPSA) is 41.4 Å². The van der Waals surface area contributed by atoms with Crippen molar-refractivity contribution in [2.45, 2.75) is 6.18 Å². The first kappa shape index (κ1) is 23.6. The van der Waals surface area contributed by atoms with Crippen LogP contribution < -0.4 is 4.90 Å². The lowest BCUT2D eigenvalue weighted by Crippen LogP contribution is -2.49. The van der Waals surface area contributed by atoms with Gasteiger partial charge in [0.15, 0.2) is 0 Å². The second-order valence-corrected chi connectivity index (χ2v) is 8.50. The molecule has 0 radical (unpaired) electrons. The summed E-state index contributed by atoms with van der Waals surface area (Å²) >= 11 is 0. The minimum Gasteiger partial charge on any atom is -0.368 e. The predicted octanol–water partition coefficient (Wildman–Crippen LogP) is 5.66. The molecule has 1 aromatic heterocycles. The molecule has 9 heteroatoms. The second-order valence-electron chi connectivity index (χ2n) is 8.50. The summed E-state index contributed by atoms with van der Waals surface area (Å²) in [6.07, 6.45) is -4.41. The first-order chi connectivity index (χ1) is 17.3. The summed E-state index contributed by atoms with van der Waals surface area (Å²) in [5.41, 5.74) is 2.08. The third-order valence-corrected chi connectivity index (χ3v) is 6.17. The lowest BCUT2D eigenvalue weighted by atomic mass is 10.1. The molecule has 1 aliphatic heterocycles. The SMILES string of the molecule is O=C(c1cc(-c2ccccc2)nn1-c1ccc(F)cc1)N1CCN(c2cccc(C(F)(F)F)c2)CC1. The molecule has 1 saturated heterocycles. The smallest absolute Gasteiger partial charge is 0.368 e. The highest BCUT2D eigenvalue weighted by Crippen LogP contribution is 2.32. The summed E-state index contributed by atoms with van der Waals surface area (Å²) in [5.74, 6) is -0.648. The van der Waals surface area contributed by atoms with E-state index in [0.717, 1.165) is 17.7 Å². The summed E-state index contributed by atoms with van der Waals surface area (Å²) < 4.78 is 54.4. The maximum Gasteiger partial charge on any atom is 0.416 e. The molecule has 0 unspecified atom stereocenters. The van der Waals surface area contributed by atoms with E-state index < -0.39 is 17.6 Å². The molecule has 0 saturated carbocycles. The normalized spacial score (nSPS) is 14.2. The third-order valence-electron chi connectivity index (χ3n) is 6.17. The van der Waals surface area contributed by atoms with Gasteiger partial charge in [-0.2, -0.15) is 18.3 Å². The fourth-order valence-corrected chi connectivity index (χ4v) is 4.27. The molecule has 0 aliphatic carbocycles. The van der Waals surface area contributed by atoms with Gasteiger partial charge in [-0.25, -0.2) is 9.07 Å². The van der Waals surface area contributed by atoms with E-state index in [-0.39, 0.29) is 5.91 Å². The maximum absolute atomic E-state index is 13.6. The summed E-state index contributed by atoms with van der Waals surface area (Å²) in [7, 11) is 0. The summed E-state index contributed by atoms with van der Waals surface area (Å²) in [6, 6.07) is 22.1. The molecular formula is C27H22F4N4O. The molecule has 184 valence electrons. The molecule has 36 heavy (non-hydrogen) atoms. The molecule has 0 N–H and O–H groups in total. The van der Waals surface area contributed by atoms with Crippen LogP contribution in [0.15, 0.2) is 84.9 Å². The lowest BCUT2D eigenvalue weighted by molar-refractivity contribution is -0.137. The highest BCUT2D eigenvalue weighted by molar-refractivity contribution is 5.94. The number of carbonyl (C=O) groups excluding carboxylic acids is 1. The largest absolute Gasteiger partial charge is 0.416 e. The minimum absolute atomic E-state index is 0.252. The van der Waals surface area contributed by atoms with E-state index in [1.807, 2.05) is 35.2 Å². The molecule has 0 atom stereocenters. The number of hydrogen-bond acceptors (Lipinski definition) is 3. The average Bonchev–Trinajstić information content (AvgIpc) is 3.34. The van der Waals surface area contributed by atoms with Crippen molar-refractivity contribution in [1.82, 2.24) is 14.7 Å². The van der Waals surface area contributed by atoms with E-state index >= 15 is 0 Å². The van der Waals surface area contributed by atoms with Gasteiger partial charge in [0.2, 0.25) is 0 Å². The molecule has 5 nitrogen and oxygen atoms in total. The van der Waals surface area contributed by atoms with Crippen LogP contribution in [0.5, 0.6) is 0 Å². The Morgan fingerprint density at radius 1 is 0.778 bits per heavy atom. The summed E-state index contributed by atoms with van der Waals surface area (Å²) in [5, 5.41) is 4.62. The number of halogens is 4. The highest BCUT2D eigenvalue weighted by Gasteiger charge is 2.32. The van der Waals surface area contributed by atoms with Crippen molar-refractivity contribution in [1.29, 1.82) is 0 Å². The van der Waals surface area contributed by atoms with Gasteiger partial charge in [-0.1, -0.05) is 36.4 Å². The summed E-state index contributed by atoms with van der Waals surface area (Å²) in [4.78, 5) is 17.1. The Kier molecular flexibility index (Phi) is 6.22. The van der Waals surface area contributed by atoms with Crippen LogP contribution in [0, 0.1) is 5.82 Å². The number of benzene rings is 3. The van der Waals surface area contributed by atoms with Gasteiger partial charge in [0.05, 0.1) is 16.9 Å². The zero-order valence-corrected chi connectivity index (χ0v) is 19.1. The standard InChI is InChI=1S/C27H22F4N4O/c28-21-9-11-22(12-10-21)35-25(18-24(32-35)19-5-2-1-3-6-19)26(36)34-15-13-33(14-16-34)23-8-4-7-20(17-23)27(29,30)31/h1-12,17-18H,13-16H2. The molecule has 5 rings (SSSR count). The van der Waals surface area contributed by atoms with Crippen LogP contribution in [-0.2, 0) is 6.18 Å². The van der Waals surface area contributed by atoms with Crippen LogP contribution in [0.1, 0.15) is 16.1 Å². The number of carbonyl (C=O) groups is 1. The molecule has 0 spiro atoms. The van der Waals surface area contributed by atoms with E-state index in [9.17, 15) is 22.4 Å². The van der Waals surface area contributed by atoms with E-state index in [4.69, 9.17) is 0 Å². The van der Waals surface area contributed by atoms with Crippen molar-refractivity contribution in [2.75, 3.05) is 31.1 Å². The molecule has 3 aromatic carbocycles. The zero-order chi connectivity index (χ0) is 25.3. The van der Waals surface area contributed by atoms with Crippen molar-refractivity contribution >= 4 is 11.6 Å². The molecule has 0 bridgehead atoms. The van der Waals surface area contributed by atoms with Gasteiger partial charge < -0.3 is 9.80 Å². The van der Waals surface area contributed by atoms with Gasteiger partial charge in [0, 0.05) is 37.4 Å². The Balaban J connectivity index is 1.39. The van der Waals surface area contributed by atoms with Crippen molar-refractivity contribution in [3.05, 3.63) is 102 Å². The predicted molar refractivity (Wildman–Crippen MR) is 129 cm³/mol. The van der Waals surface area contributed by atoms with Gasteiger partial charge in [0.1, 0.15) is 11.5 Å². The fraction of sp³-hybridized carbons (Fsp3) is 0.185. The second kappa shape index (κ2) is 9.49. The Morgan fingerprint density at radius 2 is 1.47 bits per heavy atom. The third kappa shape index (κ3) is 4.82. The number of piperazine rings is 1. The van der Waals surface area contributed by atoms with Crippen LogP contribution in [-0.4, -0.2) is 46.8 Å². The Hall–Kier alpha value is -4.14. The molecule has 2 heterocycles. The Bertz CT molecular complexity index is 1360. The molecule has 1 aliphatic rings. The molecule has 1 fully saturated rings. The number of nitrogens with zero attached hydrogens (tertiary/aromatic N) is 4. The first-order valence-electron chi connectivity index (χ1n) is 11.4. The van der Waals surface area contributed by atoms with E-state index in [1.165, 1.54) is 22.9 Å². The number of rotatable bonds is 4. The van der Waals surface area contributed by atoms with Crippen molar-refractivity contribution < 1.29 is 22.4 Å². The first-order valence-corrected chi connectivity index (χ1v) is 11.4. The number of aromatic nitrogens is 2. The van der Waals surface area contributed by atoms with Gasteiger partial charge in [-0.05, 0) is 48.5 Å². The molecule has 4 aromatic rings. The minimum atomic E-state index is -4.41. The van der Waals surface area contributed by atoms with E-state index in [0.29, 0.717) is 48.9 Å². The van der Waals surface area contributed by atoms with E-state index in [2.05, 4.69) is 5.10 Å². The van der Waals surface area contributed by atoms with Crippen LogP contribution in [0.4, 0.5) is 23.2 Å². The van der Waals surface area contributed by atoms with Crippen molar-refractivity contribution in [2.24, 2.45) is 0 Å². The average molecular weight is 494 g/mol. The molecular weight excluding hydrogens is 472 g/mol. The number of amides is 1. The summed E-state index contributed by atoms with van der Waals surface area (Å²) in [6.45, 7) is 1.46. The maximum atomic E-state index is 13.6. The van der Waals surface area contributed by atoms with Gasteiger partial charge in [0.25, 0.3) is 5.91 Å². The van der Waals surface area contributed by atoms with Crippen molar-refractivity contribution in [3.8, 4) is 16.9 Å². The number of anilines is 1. The zero-order valence-electron chi connectivity index (χ0n) is 19.1. The Labute approximate surface area is 205 Å². The van der Waals surface area contributed by atoms with Crippen LogP contribution in [0.3, 0.4) is 0 Å². The van der Waals surface area contributed by atoms with Gasteiger partial charge in [-0.3, -0.25) is 4.79 Å². The number of hydrogen-bond donors (Lipinski definition) is 0. The quantitative estimate of drug-likeness (QED) is 0.344. The number of alkyl halides is 3. The fourth-order valence-electron chi connectivity index (χ4n) is 4.27. The van der Waals surface area contributed by atoms with Crippen LogP contribution >= 0.6 is 0 Å². The lowest BCUT2D eigenvalue weighted by Gasteiger charge is -2.36. The highest BCUT2D eigenvalue weighted by atomic mass is 19.4. The van der Waals surface area contributed by atoms with Gasteiger partial charge in [-0.15, -0.1) is 0 Å². The monoisotopic (exact) mass is 494 g/mol. The van der Waals surface area contributed by atoms with Crippen molar-refractivity contribution in [3.63, 3.8) is 0 Å². The van der Waals surface area contributed by atoms with Crippen LogP contribution in [0.25, 0.3) is 16.9 Å². The van der Waals surface area contributed by atoms with Crippen LogP contribution in [0.2, 0.25) is 0 Å².